The van der Waals surface area contributed by atoms with Crippen molar-refractivity contribution in [1.82, 2.24) is 4.90 Å². The number of phenols is 1. The molecule has 0 unspecified atom stereocenters. The number of carbonyl (C=O) groups is 2. The molecule has 0 saturated carbocycles. The van der Waals surface area contributed by atoms with Gasteiger partial charge in [0, 0.05) is 13.1 Å². The summed E-state index contributed by atoms with van der Waals surface area (Å²) < 4.78 is 0. The summed E-state index contributed by atoms with van der Waals surface area (Å²) in [6.45, 7) is 5.51. The summed E-state index contributed by atoms with van der Waals surface area (Å²) in [5, 5.41) is 21.4. The number of rotatable bonds is 2. The van der Waals surface area contributed by atoms with Crippen LogP contribution in [0.15, 0.2) is 18.2 Å². The molecule has 0 aromatic heterocycles. The summed E-state index contributed by atoms with van der Waals surface area (Å²) in [5.41, 5.74) is -0.0457. The van der Waals surface area contributed by atoms with E-state index in [1.54, 1.807) is 4.90 Å². The van der Waals surface area contributed by atoms with E-state index in [0.717, 1.165) is 12.8 Å². The molecule has 6 nitrogen and oxygen atoms in total. The Balaban J connectivity index is 2.13. The topological polar surface area (TPSA) is 89.9 Å². The number of nitrogens with one attached hydrogen (secondary N) is 1. The number of aromatic hydroxyl groups is 1. The second-order valence-electron chi connectivity index (χ2n) is 6.13. The van der Waals surface area contributed by atoms with E-state index in [4.69, 9.17) is 5.11 Å². The van der Waals surface area contributed by atoms with Crippen LogP contribution in [0.2, 0.25) is 0 Å². The third kappa shape index (κ3) is 3.45. The van der Waals surface area contributed by atoms with Crippen molar-refractivity contribution in [3.8, 4) is 5.75 Å². The van der Waals surface area contributed by atoms with Gasteiger partial charge in [0.2, 0.25) is 0 Å². The van der Waals surface area contributed by atoms with Crippen molar-refractivity contribution < 1.29 is 19.8 Å². The van der Waals surface area contributed by atoms with E-state index < -0.39 is 11.7 Å². The monoisotopic (exact) mass is 292 g/mol. The van der Waals surface area contributed by atoms with Gasteiger partial charge in [0.25, 0.3) is 0 Å². The van der Waals surface area contributed by atoms with Crippen LogP contribution in [0.3, 0.4) is 0 Å². The van der Waals surface area contributed by atoms with Gasteiger partial charge in [-0.3, -0.25) is 0 Å². The molecule has 114 valence electrons. The minimum absolute atomic E-state index is 0.0700. The summed E-state index contributed by atoms with van der Waals surface area (Å²) in [6.07, 6.45) is 2.00. The average molecular weight is 292 g/mol. The number of aromatic carboxylic acids is 1. The van der Waals surface area contributed by atoms with E-state index >= 15 is 0 Å². The van der Waals surface area contributed by atoms with Crippen molar-refractivity contribution in [2.24, 2.45) is 5.41 Å². The second-order valence-corrected chi connectivity index (χ2v) is 6.13. The molecule has 3 N–H and O–H groups in total. The lowest BCUT2D eigenvalue weighted by atomic mass is 9.84. The first-order chi connectivity index (χ1) is 9.80. The van der Waals surface area contributed by atoms with Gasteiger partial charge in [0.15, 0.2) is 5.75 Å². The summed E-state index contributed by atoms with van der Waals surface area (Å²) in [7, 11) is 0. The second kappa shape index (κ2) is 5.63. The number of nitrogens with zero attached hydrogens (tertiary/aromatic N) is 1. The van der Waals surface area contributed by atoms with E-state index in [2.05, 4.69) is 19.2 Å². The smallest absolute Gasteiger partial charge is 0.339 e. The Hall–Kier alpha value is -2.24. The van der Waals surface area contributed by atoms with E-state index in [-0.39, 0.29) is 22.7 Å². The Morgan fingerprint density at radius 2 is 2.05 bits per heavy atom. The summed E-state index contributed by atoms with van der Waals surface area (Å²) >= 11 is 0. The van der Waals surface area contributed by atoms with Crippen LogP contribution in [-0.4, -0.2) is 40.2 Å². The molecule has 1 aromatic carbocycles. The molecule has 1 saturated heterocycles. The lowest BCUT2D eigenvalue weighted by Crippen LogP contribution is -2.45. The number of amides is 2. The Labute approximate surface area is 123 Å². The van der Waals surface area contributed by atoms with Crippen LogP contribution < -0.4 is 5.32 Å². The molecule has 0 aliphatic carbocycles. The number of carbonyl (C=O) groups excluding carboxylic acids is 1. The lowest BCUT2D eigenvalue weighted by molar-refractivity contribution is 0.0693. The molecule has 1 aliphatic rings. The largest absolute Gasteiger partial charge is 0.505 e. The maximum Gasteiger partial charge on any atom is 0.339 e. The van der Waals surface area contributed by atoms with Crippen molar-refractivity contribution in [2.75, 3.05) is 18.4 Å². The first-order valence-corrected chi connectivity index (χ1v) is 6.91. The maximum atomic E-state index is 12.2. The molecule has 0 radical (unpaired) electrons. The van der Waals surface area contributed by atoms with Crippen LogP contribution >= 0.6 is 0 Å². The number of para-hydroxylation sites is 1. The highest BCUT2D eigenvalue weighted by Crippen LogP contribution is 2.30. The number of anilines is 1. The highest BCUT2D eigenvalue weighted by molar-refractivity contribution is 5.97. The number of benzene rings is 1. The zero-order valence-corrected chi connectivity index (χ0v) is 12.2. The first-order valence-electron chi connectivity index (χ1n) is 6.91. The summed E-state index contributed by atoms with van der Waals surface area (Å²) in [4.78, 5) is 24.9. The van der Waals surface area contributed by atoms with Crippen LogP contribution in [-0.2, 0) is 0 Å². The first kappa shape index (κ1) is 15.2. The minimum atomic E-state index is -1.23. The van der Waals surface area contributed by atoms with E-state index in [9.17, 15) is 14.7 Å². The number of hydrogen-bond acceptors (Lipinski definition) is 3. The SMILES string of the molecule is CC1(C)CCCN(C(=O)Nc2cccc(C(=O)O)c2O)C1. The van der Waals surface area contributed by atoms with Gasteiger partial charge in [0.05, 0.1) is 5.69 Å². The van der Waals surface area contributed by atoms with Crippen LogP contribution in [0.4, 0.5) is 10.5 Å². The minimum Gasteiger partial charge on any atom is -0.505 e. The van der Waals surface area contributed by atoms with Crippen LogP contribution in [0, 0.1) is 5.41 Å². The molecular formula is C15H20N2O4. The standard InChI is InChI=1S/C15H20N2O4/c1-15(2)7-4-8-17(9-15)14(21)16-11-6-3-5-10(12(11)18)13(19)20/h3,5-6,18H,4,7-9H2,1-2H3,(H,16,21)(H,19,20). The molecule has 1 aliphatic heterocycles. The van der Waals surface area contributed by atoms with Gasteiger partial charge in [-0.15, -0.1) is 0 Å². The zero-order chi connectivity index (χ0) is 15.6. The van der Waals surface area contributed by atoms with Crippen molar-refractivity contribution in [3.63, 3.8) is 0 Å². The maximum absolute atomic E-state index is 12.2. The van der Waals surface area contributed by atoms with Gasteiger partial charge in [-0.05, 0) is 30.4 Å². The molecule has 2 amide bonds. The van der Waals surface area contributed by atoms with Crippen LogP contribution in [0.25, 0.3) is 0 Å². The fraction of sp³-hybridized carbons (Fsp3) is 0.467. The highest BCUT2D eigenvalue weighted by atomic mass is 16.4. The predicted octanol–water partition coefficient (Wildman–Crippen LogP) is 2.74. The van der Waals surface area contributed by atoms with Crippen molar-refractivity contribution in [2.45, 2.75) is 26.7 Å². The molecular weight excluding hydrogens is 272 g/mol. The predicted molar refractivity (Wildman–Crippen MR) is 78.7 cm³/mol. The Morgan fingerprint density at radius 1 is 1.33 bits per heavy atom. The lowest BCUT2D eigenvalue weighted by Gasteiger charge is -2.37. The normalized spacial score (nSPS) is 17.3. The number of piperidine rings is 1. The fourth-order valence-electron chi connectivity index (χ4n) is 2.61. The average Bonchev–Trinajstić information content (AvgIpc) is 2.39. The molecule has 1 fully saturated rings. The van der Waals surface area contributed by atoms with Crippen LogP contribution in [0.5, 0.6) is 5.75 Å². The van der Waals surface area contributed by atoms with Gasteiger partial charge in [-0.25, -0.2) is 9.59 Å². The third-order valence-electron chi connectivity index (χ3n) is 3.70. The molecule has 21 heavy (non-hydrogen) atoms. The van der Waals surface area contributed by atoms with E-state index in [0.29, 0.717) is 13.1 Å². The molecule has 2 rings (SSSR count). The third-order valence-corrected chi connectivity index (χ3v) is 3.70. The molecule has 0 bridgehead atoms. The number of carboxylic acid groups (broad SMARTS) is 1. The number of hydrogen-bond donors (Lipinski definition) is 3. The van der Waals surface area contributed by atoms with E-state index in [1.165, 1.54) is 18.2 Å². The van der Waals surface area contributed by atoms with Crippen molar-refractivity contribution >= 4 is 17.7 Å². The number of carboxylic acids is 1. The molecule has 0 spiro atoms. The number of likely N-dealkylation sites (tertiary alicyclic amines) is 1. The fourth-order valence-corrected chi connectivity index (χ4v) is 2.61. The van der Waals surface area contributed by atoms with Gasteiger partial charge >= 0.3 is 12.0 Å². The highest BCUT2D eigenvalue weighted by Gasteiger charge is 2.29. The molecule has 6 heteroatoms. The van der Waals surface area contributed by atoms with Crippen molar-refractivity contribution in [3.05, 3.63) is 23.8 Å². The van der Waals surface area contributed by atoms with Gasteiger partial charge < -0.3 is 20.4 Å². The zero-order valence-electron chi connectivity index (χ0n) is 12.2. The Morgan fingerprint density at radius 3 is 2.67 bits per heavy atom. The number of urea groups is 1. The van der Waals surface area contributed by atoms with Gasteiger partial charge in [-0.2, -0.15) is 0 Å². The molecule has 1 aromatic rings. The Kier molecular flexibility index (Phi) is 4.06. The summed E-state index contributed by atoms with van der Waals surface area (Å²) in [6, 6.07) is 3.94. The van der Waals surface area contributed by atoms with E-state index in [1.807, 2.05) is 0 Å². The summed E-state index contributed by atoms with van der Waals surface area (Å²) in [5.74, 6) is -1.66. The van der Waals surface area contributed by atoms with Crippen LogP contribution in [0.1, 0.15) is 37.0 Å². The van der Waals surface area contributed by atoms with Gasteiger partial charge in [0.1, 0.15) is 5.56 Å². The Bertz CT molecular complexity index is 569. The van der Waals surface area contributed by atoms with Crippen molar-refractivity contribution in [1.29, 1.82) is 0 Å². The molecule has 0 atom stereocenters. The molecule has 1 heterocycles. The quantitative estimate of drug-likeness (QED) is 0.731. The van der Waals surface area contributed by atoms with Gasteiger partial charge in [-0.1, -0.05) is 19.9 Å².